The molecule has 0 unspecified atom stereocenters. The summed E-state index contributed by atoms with van der Waals surface area (Å²) in [4.78, 5) is 135. The Hall–Kier alpha value is -9.07. The van der Waals surface area contributed by atoms with Crippen LogP contribution in [-0.4, -0.2) is 149 Å². The monoisotopic (exact) mass is 1030 g/mol. The smallest absolute Gasteiger partial charge is 0.326 e. The number of aliphatic imine (C=N–C) groups is 1. The fourth-order valence-corrected chi connectivity index (χ4v) is 9.05. The van der Waals surface area contributed by atoms with E-state index in [1.54, 1.807) is 12.4 Å². The average Bonchev–Trinajstić information content (AvgIpc) is 4.26. The zero-order valence-electron chi connectivity index (χ0n) is 40.7. The minimum absolute atomic E-state index is 0.0772. The minimum Gasteiger partial charge on any atom is -0.480 e. The number of amides is 7. The van der Waals surface area contributed by atoms with Gasteiger partial charge in [-0.1, -0.05) is 36.4 Å². The van der Waals surface area contributed by atoms with E-state index < -0.39 is 96.0 Å². The van der Waals surface area contributed by atoms with Gasteiger partial charge in [-0.3, -0.25) is 38.6 Å². The second-order valence-electron chi connectivity index (χ2n) is 18.2. The molecule has 7 atom stereocenters. The van der Waals surface area contributed by atoms with E-state index in [0.717, 1.165) is 27.4 Å². The van der Waals surface area contributed by atoms with Gasteiger partial charge in [0.25, 0.3) is 0 Å². The highest BCUT2D eigenvalue weighted by atomic mass is 16.4. The number of carboxylic acids is 1. The minimum atomic E-state index is -1.74. The number of H-pyrrole nitrogens is 4. The summed E-state index contributed by atoms with van der Waals surface area (Å²) in [6.45, 7) is 0.334. The van der Waals surface area contributed by atoms with Gasteiger partial charge in [0.1, 0.15) is 36.3 Å². The number of hydrogen-bond donors (Lipinski definition) is 14. The number of primary amides is 1. The maximum Gasteiger partial charge on any atom is 0.326 e. The molecule has 0 aliphatic carbocycles. The molecular formula is C49H61N17O9. The summed E-state index contributed by atoms with van der Waals surface area (Å²) in [5.41, 5.74) is 26.7. The van der Waals surface area contributed by atoms with Gasteiger partial charge in [-0.25, -0.2) is 14.8 Å². The summed E-state index contributed by atoms with van der Waals surface area (Å²) < 4.78 is 0. The number of carboxylic acid groups (broad SMARTS) is 1. The van der Waals surface area contributed by atoms with Gasteiger partial charge in [-0.2, -0.15) is 0 Å². The first-order chi connectivity index (χ1) is 36.0. The maximum atomic E-state index is 14.7. The van der Waals surface area contributed by atoms with Gasteiger partial charge in [0.05, 0.1) is 25.1 Å². The van der Waals surface area contributed by atoms with Crippen molar-refractivity contribution < 1.29 is 43.5 Å². The number of imidazole rings is 2. The van der Waals surface area contributed by atoms with Gasteiger partial charge in [-0.15, -0.1) is 0 Å². The second-order valence-corrected chi connectivity index (χ2v) is 18.2. The van der Waals surface area contributed by atoms with Crippen LogP contribution in [0.2, 0.25) is 0 Å². The number of fused-ring (bicyclic) bond motifs is 2. The first-order valence-corrected chi connectivity index (χ1v) is 24.2. The highest BCUT2D eigenvalue weighted by Crippen LogP contribution is 2.24. The molecular weight excluding hydrogens is 971 g/mol. The Morgan fingerprint density at radius 1 is 0.667 bits per heavy atom. The maximum absolute atomic E-state index is 14.7. The van der Waals surface area contributed by atoms with Crippen molar-refractivity contribution in [1.82, 2.24) is 61.4 Å². The highest BCUT2D eigenvalue weighted by Gasteiger charge is 2.39. The molecule has 75 heavy (non-hydrogen) atoms. The van der Waals surface area contributed by atoms with Crippen LogP contribution in [-0.2, 0) is 64.0 Å². The number of likely N-dealkylation sites (tertiary alicyclic amines) is 1. The largest absolute Gasteiger partial charge is 0.480 e. The SMILES string of the molecule is NC(=O)C[C@H](NC(=O)[C@H](Cc1cnc[nH]1)NC(=O)[C@H](Cc1c[nH]c2ccccc12)NC(=O)[C@@H]1CCCN1C(=O)[C@@H](N)Cc1c[nH]c2ccccc12)C(=O)N[C@@H](Cc1cnc[nH]1)C(=O)N[C@@H](CCCN=C(N)N)C(=O)O. The summed E-state index contributed by atoms with van der Waals surface area (Å²) in [5.74, 6) is -7.44. The van der Waals surface area contributed by atoms with Gasteiger partial charge >= 0.3 is 5.97 Å². The lowest BCUT2D eigenvalue weighted by Crippen LogP contribution is -2.61. The van der Waals surface area contributed by atoms with Crippen molar-refractivity contribution in [1.29, 1.82) is 0 Å². The molecule has 396 valence electrons. The number of hydrogen-bond acceptors (Lipinski definition) is 12. The number of nitrogens with zero attached hydrogens (tertiary/aromatic N) is 4. The van der Waals surface area contributed by atoms with Crippen molar-refractivity contribution in [3.05, 3.63) is 108 Å². The zero-order chi connectivity index (χ0) is 53.6. The molecule has 7 amide bonds. The predicted molar refractivity (Wildman–Crippen MR) is 272 cm³/mol. The Morgan fingerprint density at radius 2 is 1.17 bits per heavy atom. The first kappa shape index (κ1) is 53.7. The highest BCUT2D eigenvalue weighted by molar-refractivity contribution is 5.99. The molecule has 5 heterocycles. The second kappa shape index (κ2) is 25.0. The van der Waals surface area contributed by atoms with Crippen molar-refractivity contribution in [3.63, 3.8) is 0 Å². The third kappa shape index (κ3) is 14.3. The number of para-hydroxylation sites is 2. The van der Waals surface area contributed by atoms with E-state index in [1.807, 2.05) is 48.5 Å². The van der Waals surface area contributed by atoms with E-state index in [4.69, 9.17) is 22.9 Å². The topological polar surface area (TPSA) is 426 Å². The third-order valence-corrected chi connectivity index (χ3v) is 12.8. The lowest BCUT2D eigenvalue weighted by molar-refractivity contribution is -0.142. The fraction of sp³-hybridized carbons (Fsp3) is 0.367. The van der Waals surface area contributed by atoms with Gasteiger partial charge in [-0.05, 0) is 55.4 Å². The molecule has 26 heteroatoms. The molecule has 6 aromatic rings. The zero-order valence-corrected chi connectivity index (χ0v) is 40.7. The van der Waals surface area contributed by atoms with Gasteiger partial charge in [0, 0.05) is 90.3 Å². The molecule has 1 aliphatic heterocycles. The number of carbonyl (C=O) groups excluding carboxylic acids is 7. The third-order valence-electron chi connectivity index (χ3n) is 12.8. The lowest BCUT2D eigenvalue weighted by atomic mass is 10.0. The normalized spacial score (nSPS) is 15.7. The number of aliphatic carboxylic acids is 1. The molecule has 0 spiro atoms. The molecule has 18 N–H and O–H groups in total. The Bertz CT molecular complexity index is 3000. The molecule has 0 saturated carbocycles. The van der Waals surface area contributed by atoms with Gasteiger partial charge < -0.3 is 79.5 Å². The average molecular weight is 1030 g/mol. The molecule has 1 saturated heterocycles. The van der Waals surface area contributed by atoms with Crippen LogP contribution in [0, 0.1) is 0 Å². The number of benzene rings is 2. The fourth-order valence-electron chi connectivity index (χ4n) is 9.05. The van der Waals surface area contributed by atoms with Crippen LogP contribution in [0.3, 0.4) is 0 Å². The van der Waals surface area contributed by atoms with E-state index in [0.29, 0.717) is 23.4 Å². The van der Waals surface area contributed by atoms with Crippen molar-refractivity contribution >= 4 is 75.1 Å². The van der Waals surface area contributed by atoms with Crippen molar-refractivity contribution in [2.24, 2.45) is 27.9 Å². The first-order valence-electron chi connectivity index (χ1n) is 24.2. The molecule has 26 nitrogen and oxygen atoms in total. The Kier molecular flexibility index (Phi) is 17.9. The molecule has 7 rings (SSSR count). The van der Waals surface area contributed by atoms with Gasteiger partial charge in [0.15, 0.2) is 5.96 Å². The Balaban J connectivity index is 1.10. The number of rotatable bonds is 26. The number of aromatic amines is 4. The Morgan fingerprint density at radius 3 is 1.69 bits per heavy atom. The van der Waals surface area contributed by atoms with Crippen molar-refractivity contribution in [2.45, 2.75) is 100 Å². The molecule has 4 aromatic heterocycles. The number of nitrogens with one attached hydrogen (secondary N) is 9. The van der Waals surface area contributed by atoms with Crippen LogP contribution >= 0.6 is 0 Å². The van der Waals surface area contributed by atoms with E-state index in [9.17, 15) is 43.5 Å². The summed E-state index contributed by atoms with van der Waals surface area (Å²) in [6, 6.07) is 5.49. The van der Waals surface area contributed by atoms with Crippen LogP contribution in [0.25, 0.3) is 21.8 Å². The van der Waals surface area contributed by atoms with Crippen LogP contribution in [0.15, 0.2) is 91.0 Å². The number of carbonyl (C=O) groups is 8. The van der Waals surface area contributed by atoms with Crippen molar-refractivity contribution in [2.75, 3.05) is 13.1 Å². The quantitative estimate of drug-likeness (QED) is 0.0161. The number of nitrogens with two attached hydrogens (primary N) is 4. The molecule has 1 fully saturated rings. The van der Waals surface area contributed by atoms with Gasteiger partial charge in [0.2, 0.25) is 41.4 Å². The molecule has 0 radical (unpaired) electrons. The van der Waals surface area contributed by atoms with Crippen LogP contribution in [0.1, 0.15) is 54.6 Å². The number of aromatic nitrogens is 6. The lowest BCUT2D eigenvalue weighted by Gasteiger charge is -2.29. The predicted octanol–water partition coefficient (Wildman–Crippen LogP) is -1.88. The Labute approximate surface area is 428 Å². The summed E-state index contributed by atoms with van der Waals surface area (Å²) in [5, 5.41) is 24.6. The van der Waals surface area contributed by atoms with E-state index >= 15 is 0 Å². The van der Waals surface area contributed by atoms with Crippen LogP contribution in [0.4, 0.5) is 0 Å². The van der Waals surface area contributed by atoms with E-state index in [2.05, 4.69) is 61.5 Å². The number of guanidine groups is 1. The van der Waals surface area contributed by atoms with Crippen molar-refractivity contribution in [3.8, 4) is 0 Å². The summed E-state index contributed by atoms with van der Waals surface area (Å²) >= 11 is 0. The summed E-state index contributed by atoms with van der Waals surface area (Å²) in [6.07, 6.45) is 8.72. The molecule has 1 aliphatic rings. The standard InChI is InChI=1S/C49H61N17O9/c50-32(15-26-20-57-33-9-3-1-7-30(26)33)47(73)66-14-6-12-40(66)46(72)65-36(16-27-21-58-34-10-4-2-8-31(27)34)42(68)62-38(18-29-23-55-25-60-29)44(70)64-39(19-41(51)67)45(71)63-37(17-28-22-54-24-59-28)43(69)61-35(48(74)75)11-5-13-56-49(52)53/h1-4,7-10,20-25,32,35-40,57-58H,5-6,11-19,50H2,(H2,51,67)(H,54,59)(H,55,60)(H,61,69)(H,62,68)(H,63,71)(H,64,70)(H,65,72)(H,74,75)(H4,52,53,56)/t32-,35-,36-,37-,38-,39-,40-/m0/s1. The summed E-state index contributed by atoms with van der Waals surface area (Å²) in [7, 11) is 0. The van der Waals surface area contributed by atoms with Crippen LogP contribution in [0.5, 0.6) is 0 Å². The van der Waals surface area contributed by atoms with E-state index in [1.165, 1.54) is 29.9 Å². The van der Waals surface area contributed by atoms with Crippen LogP contribution < -0.4 is 49.5 Å². The van der Waals surface area contributed by atoms with E-state index in [-0.39, 0.29) is 64.0 Å². The molecule has 0 bridgehead atoms. The molecule has 2 aromatic carbocycles.